The van der Waals surface area contributed by atoms with Crippen LogP contribution in [0.4, 0.5) is 0 Å². The van der Waals surface area contributed by atoms with Gasteiger partial charge in [0, 0.05) is 20.8 Å². The minimum atomic E-state index is -0.125. The summed E-state index contributed by atoms with van der Waals surface area (Å²) in [4.78, 5) is 0. The molecular weight excluding hydrogens is 190 g/mol. The topological polar surface area (TPSA) is 30.5 Å². The second-order valence-corrected chi connectivity index (χ2v) is 5.15. The highest BCUT2D eigenvalue weighted by molar-refractivity contribution is 5.05. The molecule has 2 aliphatic carbocycles. The lowest BCUT2D eigenvalue weighted by Crippen LogP contribution is -2.42. The van der Waals surface area contributed by atoms with Gasteiger partial charge in [0.15, 0.2) is 6.29 Å². The summed E-state index contributed by atoms with van der Waals surface area (Å²) in [5.41, 5.74) is 0.653. The number of methoxy groups -OCH3 is 2. The number of nitrogens with one attached hydrogen (secondary N) is 1. The fraction of sp³-hybridized carbons (Fsp3) is 1.00. The SMILES string of the molecule is COC(OC)C(C)NCC1(C2CC2)CC1. The zero-order valence-corrected chi connectivity index (χ0v) is 10.1. The van der Waals surface area contributed by atoms with Crippen molar-refractivity contribution in [2.75, 3.05) is 20.8 Å². The van der Waals surface area contributed by atoms with Crippen LogP contribution in [0.25, 0.3) is 0 Å². The standard InChI is InChI=1S/C12H23NO2/c1-9(11(14-2)15-3)13-8-12(6-7-12)10-4-5-10/h9-11,13H,4-8H2,1-3H3. The van der Waals surface area contributed by atoms with E-state index in [1.807, 2.05) is 0 Å². The molecule has 3 heteroatoms. The highest BCUT2D eigenvalue weighted by atomic mass is 16.7. The van der Waals surface area contributed by atoms with E-state index in [9.17, 15) is 0 Å². The van der Waals surface area contributed by atoms with Crippen LogP contribution in [0.1, 0.15) is 32.6 Å². The van der Waals surface area contributed by atoms with Gasteiger partial charge in [0.05, 0.1) is 6.04 Å². The summed E-state index contributed by atoms with van der Waals surface area (Å²) in [6.45, 7) is 3.27. The van der Waals surface area contributed by atoms with E-state index in [-0.39, 0.29) is 12.3 Å². The molecule has 1 N–H and O–H groups in total. The van der Waals surface area contributed by atoms with Gasteiger partial charge in [-0.15, -0.1) is 0 Å². The first-order valence-corrected chi connectivity index (χ1v) is 6.01. The van der Waals surface area contributed by atoms with Crippen molar-refractivity contribution >= 4 is 0 Å². The molecule has 1 unspecified atom stereocenters. The van der Waals surface area contributed by atoms with Crippen molar-refractivity contribution in [2.45, 2.75) is 44.9 Å². The average molecular weight is 213 g/mol. The van der Waals surface area contributed by atoms with Crippen molar-refractivity contribution in [1.82, 2.24) is 5.32 Å². The quantitative estimate of drug-likeness (QED) is 0.654. The molecule has 0 aromatic carbocycles. The average Bonchev–Trinajstić information content (AvgIpc) is 3.08. The molecule has 0 spiro atoms. The third-order valence-electron chi connectivity index (χ3n) is 3.98. The predicted molar refractivity (Wildman–Crippen MR) is 59.7 cm³/mol. The van der Waals surface area contributed by atoms with Gasteiger partial charge in [-0.1, -0.05) is 0 Å². The molecule has 2 saturated carbocycles. The van der Waals surface area contributed by atoms with Crippen LogP contribution in [0.5, 0.6) is 0 Å². The minimum absolute atomic E-state index is 0.125. The van der Waals surface area contributed by atoms with E-state index < -0.39 is 0 Å². The number of hydrogen-bond acceptors (Lipinski definition) is 3. The molecule has 0 aromatic rings. The Hall–Kier alpha value is -0.120. The van der Waals surface area contributed by atoms with Crippen molar-refractivity contribution in [3.8, 4) is 0 Å². The van der Waals surface area contributed by atoms with Gasteiger partial charge in [0.1, 0.15) is 0 Å². The molecule has 2 fully saturated rings. The Bertz CT molecular complexity index is 208. The van der Waals surface area contributed by atoms with E-state index in [0.717, 1.165) is 12.5 Å². The van der Waals surface area contributed by atoms with Crippen molar-refractivity contribution in [3.63, 3.8) is 0 Å². The maximum Gasteiger partial charge on any atom is 0.171 e. The van der Waals surface area contributed by atoms with Gasteiger partial charge in [-0.2, -0.15) is 0 Å². The van der Waals surface area contributed by atoms with Gasteiger partial charge >= 0.3 is 0 Å². The van der Waals surface area contributed by atoms with Crippen LogP contribution in [0, 0.1) is 11.3 Å². The molecule has 0 heterocycles. The van der Waals surface area contributed by atoms with Gasteiger partial charge in [-0.25, -0.2) is 0 Å². The molecule has 3 nitrogen and oxygen atoms in total. The van der Waals surface area contributed by atoms with Gasteiger partial charge in [-0.3, -0.25) is 0 Å². The van der Waals surface area contributed by atoms with E-state index >= 15 is 0 Å². The molecule has 0 aromatic heterocycles. The molecule has 0 aliphatic heterocycles. The molecule has 2 rings (SSSR count). The molecule has 0 amide bonds. The maximum atomic E-state index is 5.24. The van der Waals surface area contributed by atoms with Crippen LogP contribution in [-0.4, -0.2) is 33.1 Å². The monoisotopic (exact) mass is 213 g/mol. The fourth-order valence-corrected chi connectivity index (χ4v) is 2.55. The molecule has 88 valence electrons. The van der Waals surface area contributed by atoms with Gasteiger partial charge in [0.25, 0.3) is 0 Å². The minimum Gasteiger partial charge on any atom is -0.354 e. The van der Waals surface area contributed by atoms with Crippen LogP contribution >= 0.6 is 0 Å². The molecule has 2 aliphatic rings. The number of rotatable bonds is 7. The zero-order chi connectivity index (χ0) is 10.9. The largest absolute Gasteiger partial charge is 0.354 e. The lowest BCUT2D eigenvalue weighted by Gasteiger charge is -2.25. The lowest BCUT2D eigenvalue weighted by atomic mass is 10.0. The van der Waals surface area contributed by atoms with Gasteiger partial charge in [0.2, 0.25) is 0 Å². The Kier molecular flexibility index (Phi) is 3.33. The van der Waals surface area contributed by atoms with E-state index in [4.69, 9.17) is 9.47 Å². The number of ether oxygens (including phenoxy) is 2. The summed E-state index contributed by atoms with van der Waals surface area (Å²) in [5, 5.41) is 3.56. The smallest absolute Gasteiger partial charge is 0.171 e. The molecule has 0 bridgehead atoms. The highest BCUT2D eigenvalue weighted by Crippen LogP contribution is 2.60. The summed E-state index contributed by atoms with van der Waals surface area (Å²) in [7, 11) is 3.39. The van der Waals surface area contributed by atoms with Crippen LogP contribution in [0.3, 0.4) is 0 Å². The molecule has 0 saturated heterocycles. The Balaban J connectivity index is 1.72. The normalized spacial score (nSPS) is 25.6. The van der Waals surface area contributed by atoms with E-state index in [1.54, 1.807) is 14.2 Å². The van der Waals surface area contributed by atoms with Crippen molar-refractivity contribution in [2.24, 2.45) is 11.3 Å². The lowest BCUT2D eigenvalue weighted by molar-refractivity contribution is -0.120. The zero-order valence-electron chi connectivity index (χ0n) is 10.1. The van der Waals surface area contributed by atoms with Crippen molar-refractivity contribution in [3.05, 3.63) is 0 Å². The first-order valence-electron chi connectivity index (χ1n) is 6.01. The summed E-state index contributed by atoms with van der Waals surface area (Å²) in [6, 6.07) is 0.274. The third kappa shape index (κ3) is 2.52. The van der Waals surface area contributed by atoms with E-state index in [0.29, 0.717) is 5.41 Å². The fourth-order valence-electron chi connectivity index (χ4n) is 2.55. The first-order chi connectivity index (χ1) is 7.22. The second-order valence-electron chi connectivity index (χ2n) is 5.15. The van der Waals surface area contributed by atoms with Crippen molar-refractivity contribution in [1.29, 1.82) is 0 Å². The van der Waals surface area contributed by atoms with E-state index in [1.165, 1.54) is 25.7 Å². The second kappa shape index (κ2) is 4.40. The number of hydrogen-bond donors (Lipinski definition) is 1. The molecule has 1 atom stereocenters. The van der Waals surface area contributed by atoms with Crippen molar-refractivity contribution < 1.29 is 9.47 Å². The first kappa shape index (κ1) is 11.4. The third-order valence-corrected chi connectivity index (χ3v) is 3.98. The van der Waals surface area contributed by atoms with Crippen LogP contribution in [0.15, 0.2) is 0 Å². The van der Waals surface area contributed by atoms with Crippen LogP contribution < -0.4 is 5.32 Å². The summed E-state index contributed by atoms with van der Waals surface area (Å²) >= 11 is 0. The summed E-state index contributed by atoms with van der Waals surface area (Å²) in [5.74, 6) is 1.01. The summed E-state index contributed by atoms with van der Waals surface area (Å²) < 4.78 is 10.5. The Morgan fingerprint density at radius 3 is 2.27 bits per heavy atom. The van der Waals surface area contributed by atoms with Crippen LogP contribution in [0.2, 0.25) is 0 Å². The van der Waals surface area contributed by atoms with E-state index in [2.05, 4.69) is 12.2 Å². The molecule has 0 radical (unpaired) electrons. The predicted octanol–water partition coefficient (Wildman–Crippen LogP) is 1.77. The Morgan fingerprint density at radius 2 is 1.87 bits per heavy atom. The molecule has 15 heavy (non-hydrogen) atoms. The van der Waals surface area contributed by atoms with Gasteiger partial charge in [-0.05, 0) is 43.9 Å². The Labute approximate surface area is 92.5 Å². The Morgan fingerprint density at radius 1 is 1.27 bits per heavy atom. The van der Waals surface area contributed by atoms with Gasteiger partial charge < -0.3 is 14.8 Å². The van der Waals surface area contributed by atoms with Crippen LogP contribution in [-0.2, 0) is 9.47 Å². The molecular formula is C12H23NO2. The summed E-state index contributed by atoms with van der Waals surface area (Å²) in [6.07, 6.45) is 5.62. The maximum absolute atomic E-state index is 5.24. The highest BCUT2D eigenvalue weighted by Gasteiger charge is 2.53.